The van der Waals surface area contributed by atoms with Gasteiger partial charge in [0.05, 0.1) is 10.9 Å². The number of sulfonamides is 1. The lowest BCUT2D eigenvalue weighted by molar-refractivity contribution is 0.583. The Hall–Kier alpha value is -0.720. The number of para-hydroxylation sites is 1. The van der Waals surface area contributed by atoms with E-state index in [2.05, 4.69) is 10.0 Å². The summed E-state index contributed by atoms with van der Waals surface area (Å²) in [6.45, 7) is 2.11. The molecule has 0 aliphatic carbocycles. The topological polar surface area (TPSA) is 58.2 Å². The monoisotopic (exact) mass is 274 g/mol. The van der Waals surface area contributed by atoms with E-state index in [1.807, 2.05) is 24.5 Å². The van der Waals surface area contributed by atoms with E-state index in [4.69, 9.17) is 0 Å². The van der Waals surface area contributed by atoms with Crippen molar-refractivity contribution in [1.29, 1.82) is 0 Å². The van der Waals surface area contributed by atoms with Gasteiger partial charge in [0.1, 0.15) is 0 Å². The molecule has 4 nitrogen and oxygen atoms in total. The Balaban J connectivity index is 2.90. The highest BCUT2D eigenvalue weighted by molar-refractivity contribution is 7.99. The van der Waals surface area contributed by atoms with Crippen LogP contribution in [0.5, 0.6) is 0 Å². The number of nitrogens with one attached hydrogen (secondary N) is 2. The smallest absolute Gasteiger partial charge is 0.236 e. The molecule has 0 bridgehead atoms. The van der Waals surface area contributed by atoms with E-state index in [1.54, 1.807) is 20.0 Å². The van der Waals surface area contributed by atoms with Gasteiger partial charge in [-0.15, -0.1) is 11.8 Å². The van der Waals surface area contributed by atoms with E-state index in [0.717, 1.165) is 4.90 Å². The number of rotatable bonds is 6. The van der Waals surface area contributed by atoms with Gasteiger partial charge in [0, 0.05) is 11.4 Å². The van der Waals surface area contributed by atoms with E-state index in [9.17, 15) is 8.42 Å². The Morgan fingerprint density at radius 2 is 2.00 bits per heavy atom. The van der Waals surface area contributed by atoms with Crippen LogP contribution in [0.3, 0.4) is 0 Å². The Morgan fingerprint density at radius 3 is 2.59 bits per heavy atom. The van der Waals surface area contributed by atoms with Crippen LogP contribution < -0.4 is 10.0 Å². The lowest BCUT2D eigenvalue weighted by atomic mass is 10.3. The highest BCUT2D eigenvalue weighted by Crippen LogP contribution is 2.26. The summed E-state index contributed by atoms with van der Waals surface area (Å²) in [6, 6.07) is 7.38. The van der Waals surface area contributed by atoms with Gasteiger partial charge in [-0.25, -0.2) is 8.42 Å². The summed E-state index contributed by atoms with van der Waals surface area (Å²) in [5.41, 5.74) is 0.642. The van der Waals surface area contributed by atoms with E-state index in [0.29, 0.717) is 12.2 Å². The van der Waals surface area contributed by atoms with Gasteiger partial charge in [0.15, 0.2) is 0 Å². The van der Waals surface area contributed by atoms with Gasteiger partial charge in [-0.2, -0.15) is 0 Å². The highest BCUT2D eigenvalue weighted by atomic mass is 32.2. The van der Waals surface area contributed by atoms with Gasteiger partial charge in [-0.1, -0.05) is 12.1 Å². The van der Waals surface area contributed by atoms with Gasteiger partial charge in [-0.05, 0) is 32.4 Å². The molecule has 1 atom stereocenters. The number of hydrogen-bond donors (Lipinski definition) is 2. The molecule has 96 valence electrons. The molecule has 1 aromatic rings. The van der Waals surface area contributed by atoms with Crippen molar-refractivity contribution in [3.05, 3.63) is 24.3 Å². The normalized spacial score (nSPS) is 13.4. The molecule has 0 saturated heterocycles. The van der Waals surface area contributed by atoms with Crippen LogP contribution in [0.4, 0.5) is 5.69 Å². The largest absolute Gasteiger partial charge is 0.318 e. The van der Waals surface area contributed by atoms with Crippen LogP contribution in [0, 0.1) is 0 Å². The number of thioether (sulfide) groups is 1. The molecule has 0 fully saturated rings. The number of hydrogen-bond acceptors (Lipinski definition) is 4. The summed E-state index contributed by atoms with van der Waals surface area (Å²) in [6.07, 6.45) is 1.92. The molecule has 0 heterocycles. The average molecular weight is 274 g/mol. The standard InChI is InChI=1S/C11H18N2O2S2/c1-9(8-12-2)17(14,15)13-10-6-4-5-7-11(10)16-3/h4-7,9,12-13H,8H2,1-3H3. The van der Waals surface area contributed by atoms with Gasteiger partial charge in [-0.3, -0.25) is 4.72 Å². The molecule has 0 aromatic heterocycles. The average Bonchev–Trinajstić information content (AvgIpc) is 2.29. The lowest BCUT2D eigenvalue weighted by Gasteiger charge is -2.16. The Morgan fingerprint density at radius 1 is 1.35 bits per heavy atom. The molecule has 0 aliphatic heterocycles. The molecule has 0 spiro atoms. The van der Waals surface area contributed by atoms with Gasteiger partial charge in [0.2, 0.25) is 10.0 Å². The second-order valence-corrected chi connectivity index (χ2v) is 6.66. The predicted molar refractivity (Wildman–Crippen MR) is 74.2 cm³/mol. The molecular formula is C11H18N2O2S2. The van der Waals surface area contributed by atoms with Crippen LogP contribution in [0.25, 0.3) is 0 Å². The first-order valence-electron chi connectivity index (χ1n) is 5.30. The minimum Gasteiger partial charge on any atom is -0.318 e. The molecule has 17 heavy (non-hydrogen) atoms. The summed E-state index contributed by atoms with van der Waals surface area (Å²) in [5, 5.41) is 2.39. The first-order valence-corrected chi connectivity index (χ1v) is 8.07. The van der Waals surface area contributed by atoms with Crippen LogP contribution >= 0.6 is 11.8 Å². The summed E-state index contributed by atoms with van der Waals surface area (Å²) in [7, 11) is -1.60. The number of benzene rings is 1. The summed E-state index contributed by atoms with van der Waals surface area (Å²) < 4.78 is 26.6. The van der Waals surface area contributed by atoms with E-state index in [1.165, 1.54) is 11.8 Å². The van der Waals surface area contributed by atoms with Gasteiger partial charge < -0.3 is 5.32 Å². The van der Waals surface area contributed by atoms with Crippen molar-refractivity contribution in [1.82, 2.24) is 5.32 Å². The fourth-order valence-electron chi connectivity index (χ4n) is 1.38. The Kier molecular flexibility index (Phi) is 5.30. The van der Waals surface area contributed by atoms with Crippen molar-refractivity contribution in [2.24, 2.45) is 0 Å². The number of anilines is 1. The second kappa shape index (κ2) is 6.28. The second-order valence-electron chi connectivity index (χ2n) is 3.72. The van der Waals surface area contributed by atoms with Crippen LogP contribution in [0.2, 0.25) is 0 Å². The van der Waals surface area contributed by atoms with Crippen LogP contribution in [0.1, 0.15) is 6.92 Å². The fourth-order valence-corrected chi connectivity index (χ4v) is 3.07. The summed E-state index contributed by atoms with van der Waals surface area (Å²) in [5.74, 6) is 0. The fraction of sp³-hybridized carbons (Fsp3) is 0.455. The highest BCUT2D eigenvalue weighted by Gasteiger charge is 2.20. The third-order valence-electron chi connectivity index (χ3n) is 2.38. The summed E-state index contributed by atoms with van der Waals surface area (Å²) in [4.78, 5) is 0.924. The van der Waals surface area contributed by atoms with Crippen LogP contribution in [-0.4, -0.2) is 33.5 Å². The van der Waals surface area contributed by atoms with Crippen LogP contribution in [0.15, 0.2) is 29.2 Å². The molecule has 0 saturated carbocycles. The minimum absolute atomic E-state index is 0.427. The van der Waals surface area contributed by atoms with Crippen molar-refractivity contribution in [2.75, 3.05) is 24.6 Å². The third-order valence-corrected chi connectivity index (χ3v) is 4.91. The minimum atomic E-state index is -3.33. The molecule has 1 aromatic carbocycles. The van der Waals surface area contributed by atoms with Crippen molar-refractivity contribution in [2.45, 2.75) is 17.1 Å². The maximum atomic E-state index is 12.0. The first-order chi connectivity index (χ1) is 8.01. The zero-order chi connectivity index (χ0) is 12.9. The van der Waals surface area contributed by atoms with Crippen molar-refractivity contribution in [3.8, 4) is 0 Å². The molecule has 0 amide bonds. The van der Waals surface area contributed by atoms with Crippen LogP contribution in [-0.2, 0) is 10.0 Å². The van der Waals surface area contributed by atoms with E-state index >= 15 is 0 Å². The van der Waals surface area contributed by atoms with Gasteiger partial charge in [0.25, 0.3) is 0 Å². The maximum absolute atomic E-state index is 12.0. The molecule has 2 N–H and O–H groups in total. The Labute approximate surface area is 107 Å². The SMILES string of the molecule is CNCC(C)S(=O)(=O)Nc1ccccc1SC. The van der Waals surface area contributed by atoms with Crippen molar-refractivity contribution >= 4 is 27.5 Å². The lowest BCUT2D eigenvalue weighted by Crippen LogP contribution is -2.33. The molecule has 1 rings (SSSR count). The predicted octanol–water partition coefficient (Wildman–Crippen LogP) is 1.76. The zero-order valence-corrected chi connectivity index (χ0v) is 11.9. The van der Waals surface area contributed by atoms with Gasteiger partial charge >= 0.3 is 0 Å². The molecule has 0 radical (unpaired) electrons. The maximum Gasteiger partial charge on any atom is 0.236 e. The first kappa shape index (κ1) is 14.3. The molecular weight excluding hydrogens is 256 g/mol. The quantitative estimate of drug-likeness (QED) is 0.776. The molecule has 6 heteroatoms. The molecule has 1 unspecified atom stereocenters. The zero-order valence-electron chi connectivity index (χ0n) is 10.2. The van der Waals surface area contributed by atoms with Crippen molar-refractivity contribution in [3.63, 3.8) is 0 Å². The van der Waals surface area contributed by atoms with E-state index < -0.39 is 15.3 Å². The van der Waals surface area contributed by atoms with E-state index in [-0.39, 0.29) is 0 Å². The Bertz CT molecular complexity index is 460. The summed E-state index contributed by atoms with van der Waals surface area (Å²) >= 11 is 1.52. The third kappa shape index (κ3) is 3.90. The molecule has 0 aliphatic rings. The van der Waals surface area contributed by atoms with Crippen molar-refractivity contribution < 1.29 is 8.42 Å².